The van der Waals surface area contributed by atoms with Crippen LogP contribution >= 0.6 is 11.3 Å². The first-order valence-corrected chi connectivity index (χ1v) is 14.6. The smallest absolute Gasteiger partial charge is 0.242 e. The fraction of sp³-hybridized carbons (Fsp3) is 0.600. The molecule has 6 heteroatoms. The molecule has 0 N–H and O–H groups in total. The Morgan fingerprint density at radius 3 is 2.06 bits per heavy atom. The predicted molar refractivity (Wildman–Crippen MR) is 148 cm³/mol. The lowest BCUT2D eigenvalue weighted by Gasteiger charge is -2.29. The summed E-state index contributed by atoms with van der Waals surface area (Å²) in [6.45, 7) is 7.91. The van der Waals surface area contributed by atoms with E-state index in [1.54, 1.807) is 33.3 Å². The molecule has 0 spiro atoms. The van der Waals surface area contributed by atoms with Gasteiger partial charge in [0.2, 0.25) is 11.8 Å². The fourth-order valence-corrected chi connectivity index (χ4v) is 5.06. The third-order valence-corrected chi connectivity index (χ3v) is 7.19. The SMILES string of the molecule is CCCCCCCCCCCC(=O)N(CC(=O)N(Cc1ccc(F)cc1)Cc1cccs1)CC(C)C. The van der Waals surface area contributed by atoms with E-state index in [1.165, 1.54) is 57.1 Å². The number of amides is 2. The largest absolute Gasteiger partial charge is 0.333 e. The molecule has 2 amide bonds. The summed E-state index contributed by atoms with van der Waals surface area (Å²) in [7, 11) is 0. The zero-order valence-electron chi connectivity index (χ0n) is 22.5. The van der Waals surface area contributed by atoms with Crippen LogP contribution in [0.25, 0.3) is 0 Å². The minimum atomic E-state index is -0.292. The molecule has 1 aromatic heterocycles. The highest BCUT2D eigenvalue weighted by molar-refractivity contribution is 7.09. The van der Waals surface area contributed by atoms with Gasteiger partial charge in [-0.25, -0.2) is 4.39 Å². The number of benzene rings is 1. The van der Waals surface area contributed by atoms with Crippen molar-refractivity contribution in [1.82, 2.24) is 9.80 Å². The molecule has 0 saturated carbocycles. The standard InChI is InChI=1S/C30H45FN2O2S/c1-4-5-6-7-8-9-10-11-12-15-29(34)32(21-25(2)3)24-30(35)33(23-28-14-13-20-36-28)22-26-16-18-27(31)19-17-26/h13-14,16-20,25H,4-12,15,21-24H2,1-3H3. The number of halogens is 1. The summed E-state index contributed by atoms with van der Waals surface area (Å²) in [5, 5.41) is 2.00. The Morgan fingerprint density at radius 1 is 0.833 bits per heavy atom. The van der Waals surface area contributed by atoms with Crippen LogP contribution in [0.3, 0.4) is 0 Å². The van der Waals surface area contributed by atoms with Crippen LogP contribution in [0.4, 0.5) is 4.39 Å². The minimum Gasteiger partial charge on any atom is -0.333 e. The molecule has 0 aliphatic carbocycles. The van der Waals surface area contributed by atoms with Crippen molar-refractivity contribution < 1.29 is 14.0 Å². The molecule has 1 aromatic carbocycles. The Balaban J connectivity index is 1.91. The third kappa shape index (κ3) is 12.2. The van der Waals surface area contributed by atoms with Gasteiger partial charge in [-0.05, 0) is 41.5 Å². The quantitative estimate of drug-likeness (QED) is 0.190. The second kappa shape index (κ2) is 17.3. The Bertz CT molecular complexity index is 868. The van der Waals surface area contributed by atoms with E-state index in [9.17, 15) is 14.0 Å². The van der Waals surface area contributed by atoms with Gasteiger partial charge in [0.15, 0.2) is 0 Å². The lowest BCUT2D eigenvalue weighted by atomic mass is 10.1. The molecule has 2 rings (SSSR count). The van der Waals surface area contributed by atoms with Gasteiger partial charge in [0, 0.05) is 24.4 Å². The van der Waals surface area contributed by atoms with E-state index >= 15 is 0 Å². The van der Waals surface area contributed by atoms with E-state index < -0.39 is 0 Å². The maximum absolute atomic E-state index is 13.4. The third-order valence-electron chi connectivity index (χ3n) is 6.32. The summed E-state index contributed by atoms with van der Waals surface area (Å²) in [5.74, 6) is -0.0144. The van der Waals surface area contributed by atoms with Crippen molar-refractivity contribution >= 4 is 23.2 Å². The molecule has 0 atom stereocenters. The number of nitrogens with zero attached hydrogens (tertiary/aromatic N) is 2. The lowest BCUT2D eigenvalue weighted by molar-refractivity contribution is -0.141. The van der Waals surface area contributed by atoms with Crippen LogP contribution < -0.4 is 0 Å². The zero-order chi connectivity index (χ0) is 26.2. The van der Waals surface area contributed by atoms with Crippen LogP contribution in [0.2, 0.25) is 0 Å². The first-order valence-electron chi connectivity index (χ1n) is 13.7. The maximum Gasteiger partial charge on any atom is 0.242 e. The van der Waals surface area contributed by atoms with Crippen LogP contribution in [0.5, 0.6) is 0 Å². The molecule has 2 aromatic rings. The van der Waals surface area contributed by atoms with Crippen molar-refractivity contribution in [2.75, 3.05) is 13.1 Å². The Labute approximate surface area is 221 Å². The number of carbonyl (C=O) groups excluding carboxylic acids is 2. The normalized spacial score (nSPS) is 11.1. The van der Waals surface area contributed by atoms with Crippen molar-refractivity contribution in [3.05, 3.63) is 58.0 Å². The number of thiophene rings is 1. The van der Waals surface area contributed by atoms with Gasteiger partial charge in [-0.2, -0.15) is 0 Å². The summed E-state index contributed by atoms with van der Waals surface area (Å²) in [5.41, 5.74) is 0.873. The average molecular weight is 517 g/mol. The second-order valence-electron chi connectivity index (χ2n) is 10.2. The Kier molecular flexibility index (Phi) is 14.4. The van der Waals surface area contributed by atoms with Gasteiger partial charge >= 0.3 is 0 Å². The van der Waals surface area contributed by atoms with Crippen molar-refractivity contribution in [3.63, 3.8) is 0 Å². The number of hydrogen-bond donors (Lipinski definition) is 0. The van der Waals surface area contributed by atoms with Gasteiger partial charge in [0.25, 0.3) is 0 Å². The highest BCUT2D eigenvalue weighted by Crippen LogP contribution is 2.17. The molecule has 0 unspecified atom stereocenters. The minimum absolute atomic E-state index is 0.0675. The van der Waals surface area contributed by atoms with Gasteiger partial charge in [-0.1, -0.05) is 90.3 Å². The van der Waals surface area contributed by atoms with Crippen molar-refractivity contribution in [2.45, 2.75) is 98.1 Å². The second-order valence-corrected chi connectivity index (χ2v) is 11.2. The van der Waals surface area contributed by atoms with Crippen LogP contribution in [-0.4, -0.2) is 34.7 Å². The fourth-order valence-electron chi connectivity index (χ4n) is 4.34. The number of carbonyl (C=O) groups is 2. The monoisotopic (exact) mass is 516 g/mol. The van der Waals surface area contributed by atoms with Gasteiger partial charge in [0.05, 0.1) is 13.1 Å². The molecule has 0 aliphatic rings. The average Bonchev–Trinajstić information content (AvgIpc) is 3.36. The maximum atomic E-state index is 13.4. The molecule has 0 bridgehead atoms. The molecule has 200 valence electrons. The number of hydrogen-bond acceptors (Lipinski definition) is 3. The van der Waals surface area contributed by atoms with Gasteiger partial charge in [-0.3, -0.25) is 9.59 Å². The van der Waals surface area contributed by atoms with Crippen LogP contribution in [0.15, 0.2) is 41.8 Å². The van der Waals surface area contributed by atoms with E-state index in [2.05, 4.69) is 20.8 Å². The molecule has 1 heterocycles. The molecular weight excluding hydrogens is 471 g/mol. The summed E-state index contributed by atoms with van der Waals surface area (Å²) in [6.07, 6.45) is 11.4. The van der Waals surface area contributed by atoms with Gasteiger partial charge in [-0.15, -0.1) is 11.3 Å². The zero-order valence-corrected chi connectivity index (χ0v) is 23.3. The molecule has 0 aliphatic heterocycles. The molecule has 0 saturated heterocycles. The highest BCUT2D eigenvalue weighted by Gasteiger charge is 2.22. The number of rotatable bonds is 18. The predicted octanol–water partition coefficient (Wildman–Crippen LogP) is 7.82. The van der Waals surface area contributed by atoms with Crippen LogP contribution in [-0.2, 0) is 22.7 Å². The molecule has 4 nitrogen and oxygen atoms in total. The van der Waals surface area contributed by atoms with E-state index in [1.807, 2.05) is 17.5 Å². The van der Waals surface area contributed by atoms with Gasteiger partial charge in [0.1, 0.15) is 5.82 Å². The topological polar surface area (TPSA) is 40.6 Å². The molecule has 0 fully saturated rings. The molecule has 0 radical (unpaired) electrons. The highest BCUT2D eigenvalue weighted by atomic mass is 32.1. The van der Waals surface area contributed by atoms with Crippen molar-refractivity contribution in [2.24, 2.45) is 5.92 Å². The van der Waals surface area contributed by atoms with E-state index in [-0.39, 0.29) is 30.1 Å². The molecule has 36 heavy (non-hydrogen) atoms. The van der Waals surface area contributed by atoms with E-state index in [0.29, 0.717) is 26.1 Å². The van der Waals surface area contributed by atoms with Crippen LogP contribution in [0, 0.1) is 11.7 Å². The summed E-state index contributed by atoms with van der Waals surface area (Å²) in [6, 6.07) is 10.2. The molecular formula is C30H45FN2O2S. The van der Waals surface area contributed by atoms with Crippen LogP contribution in [0.1, 0.15) is 95.4 Å². The van der Waals surface area contributed by atoms with E-state index in [0.717, 1.165) is 23.3 Å². The van der Waals surface area contributed by atoms with Gasteiger partial charge < -0.3 is 9.80 Å². The first kappa shape index (κ1) is 30.0. The summed E-state index contributed by atoms with van der Waals surface area (Å²) in [4.78, 5) is 31.1. The van der Waals surface area contributed by atoms with E-state index in [4.69, 9.17) is 0 Å². The van der Waals surface area contributed by atoms with Crippen molar-refractivity contribution in [1.29, 1.82) is 0 Å². The number of unbranched alkanes of at least 4 members (excludes halogenated alkanes) is 8. The first-order chi connectivity index (χ1) is 17.4. The Hall–Kier alpha value is -2.21. The summed E-state index contributed by atoms with van der Waals surface area (Å²) < 4.78 is 13.4. The summed E-state index contributed by atoms with van der Waals surface area (Å²) >= 11 is 1.61. The lowest BCUT2D eigenvalue weighted by Crippen LogP contribution is -2.43. The van der Waals surface area contributed by atoms with Crippen molar-refractivity contribution in [3.8, 4) is 0 Å². The Morgan fingerprint density at radius 2 is 1.47 bits per heavy atom.